The Balaban J connectivity index is 1.38. The third-order valence-corrected chi connectivity index (χ3v) is 11.4. The van der Waals surface area contributed by atoms with Crippen molar-refractivity contribution in [2.45, 2.75) is 25.3 Å². The van der Waals surface area contributed by atoms with Gasteiger partial charge >= 0.3 is 0 Å². The smallest absolute Gasteiger partial charge is 0.259 e. The molecular weight excluding hydrogens is 623 g/mol. The van der Waals surface area contributed by atoms with Gasteiger partial charge in [0.2, 0.25) is 0 Å². The molecule has 0 aliphatic carbocycles. The molecule has 1 aliphatic heterocycles. The highest BCUT2D eigenvalue weighted by atomic mass is 16.1. The fourth-order valence-corrected chi connectivity index (χ4v) is 9.25. The van der Waals surface area contributed by atoms with Crippen molar-refractivity contribution in [1.82, 2.24) is 13.7 Å². The van der Waals surface area contributed by atoms with Gasteiger partial charge in [0.15, 0.2) is 0 Å². The first-order valence-electron chi connectivity index (χ1n) is 17.8. The minimum Gasteiger partial charge on any atom is -0.307 e. The monoisotopic (exact) mass is 655 g/mol. The fraction of sp³-hybridized carbons (Fsp3) is 0.0851. The molecule has 0 saturated carbocycles. The molecule has 0 radical (unpaired) electrons. The maximum atomic E-state index is 14.7. The first-order valence-corrected chi connectivity index (χ1v) is 17.8. The van der Waals surface area contributed by atoms with Crippen molar-refractivity contribution in [3.05, 3.63) is 179 Å². The lowest BCUT2D eigenvalue weighted by molar-refractivity contribution is 0.475. The number of aromatic nitrogens is 3. The molecule has 0 amide bonds. The van der Waals surface area contributed by atoms with Gasteiger partial charge in [-0.3, -0.25) is 9.36 Å². The first kappa shape index (κ1) is 28.4. The van der Waals surface area contributed by atoms with Crippen LogP contribution in [0.1, 0.15) is 36.4 Å². The van der Waals surface area contributed by atoms with Gasteiger partial charge < -0.3 is 9.13 Å². The SMILES string of the molecule is CC1CC(c2ccccc2)n2c(=O)c3ccccc3c3c(-n4c5ccccc5c5ccc6c7ccccc7n(-c7ccccc7)c6c54)ccc1c32. The fourth-order valence-electron chi connectivity index (χ4n) is 9.25. The van der Waals surface area contributed by atoms with Crippen LogP contribution in [0.3, 0.4) is 0 Å². The van der Waals surface area contributed by atoms with E-state index in [1.807, 2.05) is 12.1 Å². The Kier molecular flexibility index (Phi) is 5.89. The molecule has 0 fully saturated rings. The Morgan fingerprint density at radius 1 is 0.490 bits per heavy atom. The van der Waals surface area contributed by atoms with Crippen LogP contribution in [0.4, 0.5) is 0 Å². The maximum absolute atomic E-state index is 14.7. The van der Waals surface area contributed by atoms with E-state index in [2.05, 4.69) is 166 Å². The molecule has 0 saturated heterocycles. The first-order chi connectivity index (χ1) is 25.2. The van der Waals surface area contributed by atoms with Crippen molar-refractivity contribution in [2.24, 2.45) is 0 Å². The van der Waals surface area contributed by atoms with Gasteiger partial charge in [-0.15, -0.1) is 0 Å². The summed E-state index contributed by atoms with van der Waals surface area (Å²) in [5.74, 6) is 0.276. The molecule has 2 unspecified atom stereocenters. The Hall–Kier alpha value is -6.39. The summed E-state index contributed by atoms with van der Waals surface area (Å²) in [6, 6.07) is 56.2. The number of hydrogen-bond acceptors (Lipinski definition) is 1. The van der Waals surface area contributed by atoms with Crippen molar-refractivity contribution in [1.29, 1.82) is 0 Å². The van der Waals surface area contributed by atoms with E-state index in [0.717, 1.165) is 50.5 Å². The minimum atomic E-state index is -0.0611. The van der Waals surface area contributed by atoms with E-state index in [-0.39, 0.29) is 17.5 Å². The molecule has 0 N–H and O–H groups in total. The number of pyridine rings is 1. The highest BCUT2D eigenvalue weighted by Crippen LogP contribution is 2.47. The number of rotatable bonds is 3. The van der Waals surface area contributed by atoms with E-state index in [4.69, 9.17) is 0 Å². The largest absolute Gasteiger partial charge is 0.307 e. The minimum absolute atomic E-state index is 0.0611. The summed E-state index contributed by atoms with van der Waals surface area (Å²) in [5, 5.41) is 7.72. The van der Waals surface area contributed by atoms with E-state index in [0.29, 0.717) is 0 Å². The third-order valence-electron chi connectivity index (χ3n) is 11.4. The van der Waals surface area contributed by atoms with Crippen LogP contribution in [0.2, 0.25) is 0 Å². The lowest BCUT2D eigenvalue weighted by atomic mass is 9.84. The van der Waals surface area contributed by atoms with Crippen LogP contribution in [0, 0.1) is 0 Å². The summed E-state index contributed by atoms with van der Waals surface area (Å²) < 4.78 is 7.04. The second-order valence-electron chi connectivity index (χ2n) is 14.1. The van der Waals surface area contributed by atoms with E-state index < -0.39 is 0 Å². The number of hydrogen-bond donors (Lipinski definition) is 0. The zero-order valence-corrected chi connectivity index (χ0v) is 28.1. The van der Waals surface area contributed by atoms with Crippen molar-refractivity contribution in [3.8, 4) is 11.4 Å². The highest BCUT2D eigenvalue weighted by molar-refractivity contribution is 6.25. The molecule has 7 aromatic carbocycles. The van der Waals surface area contributed by atoms with E-state index in [9.17, 15) is 4.79 Å². The molecule has 4 nitrogen and oxygen atoms in total. The number of benzene rings is 7. The van der Waals surface area contributed by atoms with Gasteiger partial charge in [-0.05, 0) is 65.3 Å². The van der Waals surface area contributed by atoms with Crippen molar-refractivity contribution in [2.75, 3.05) is 0 Å². The average Bonchev–Trinajstić information content (AvgIpc) is 3.71. The Morgan fingerprint density at radius 2 is 1.04 bits per heavy atom. The normalized spacial score (nSPS) is 15.9. The molecule has 51 heavy (non-hydrogen) atoms. The van der Waals surface area contributed by atoms with Gasteiger partial charge in [-0.25, -0.2) is 0 Å². The summed E-state index contributed by atoms with van der Waals surface area (Å²) >= 11 is 0. The maximum Gasteiger partial charge on any atom is 0.259 e. The topological polar surface area (TPSA) is 31.9 Å². The van der Waals surface area contributed by atoms with Crippen LogP contribution < -0.4 is 5.56 Å². The van der Waals surface area contributed by atoms with E-state index >= 15 is 0 Å². The van der Waals surface area contributed by atoms with Gasteiger partial charge in [0, 0.05) is 38.0 Å². The van der Waals surface area contributed by atoms with Crippen LogP contribution in [0.25, 0.3) is 76.7 Å². The molecule has 10 aromatic rings. The van der Waals surface area contributed by atoms with Crippen molar-refractivity contribution < 1.29 is 0 Å². The number of nitrogens with zero attached hydrogens (tertiary/aromatic N) is 3. The molecule has 3 aromatic heterocycles. The Bertz CT molecular complexity index is 3090. The van der Waals surface area contributed by atoms with Crippen LogP contribution in [0.15, 0.2) is 163 Å². The molecule has 4 heteroatoms. The lowest BCUT2D eigenvalue weighted by Gasteiger charge is -2.33. The van der Waals surface area contributed by atoms with Gasteiger partial charge in [0.1, 0.15) is 0 Å². The predicted molar refractivity (Wildman–Crippen MR) is 212 cm³/mol. The molecular formula is C47H33N3O. The van der Waals surface area contributed by atoms with Gasteiger partial charge in [0.25, 0.3) is 5.56 Å². The van der Waals surface area contributed by atoms with Crippen LogP contribution in [-0.4, -0.2) is 13.7 Å². The van der Waals surface area contributed by atoms with Gasteiger partial charge in [0.05, 0.1) is 39.3 Å². The Labute approximate surface area is 294 Å². The van der Waals surface area contributed by atoms with Crippen molar-refractivity contribution >= 4 is 65.3 Å². The zero-order chi connectivity index (χ0) is 33.8. The van der Waals surface area contributed by atoms with Crippen molar-refractivity contribution in [3.63, 3.8) is 0 Å². The highest BCUT2D eigenvalue weighted by Gasteiger charge is 2.32. The van der Waals surface area contributed by atoms with E-state index in [1.54, 1.807) is 0 Å². The standard InChI is InChI=1S/C47H33N3O/c1-29-28-42(30-14-4-2-5-15-30)50-44-32(29)26-27-41(43(44)35-20-8-9-21-38(35)47(50)51)49-40-23-13-11-19-34(40)37-25-24-36-33-18-10-12-22-39(33)48(45(36)46(37)49)31-16-6-3-7-17-31/h2-27,29,42H,28H2,1H3. The van der Waals surface area contributed by atoms with Gasteiger partial charge in [-0.2, -0.15) is 0 Å². The molecule has 2 atom stereocenters. The summed E-state index contributed by atoms with van der Waals surface area (Å²) in [6.45, 7) is 2.32. The summed E-state index contributed by atoms with van der Waals surface area (Å²) in [6.07, 6.45) is 0.872. The molecule has 4 heterocycles. The average molecular weight is 656 g/mol. The molecule has 0 spiro atoms. The quantitative estimate of drug-likeness (QED) is 0.174. The van der Waals surface area contributed by atoms with Gasteiger partial charge in [-0.1, -0.05) is 128 Å². The summed E-state index contributed by atoms with van der Waals surface area (Å²) in [7, 11) is 0. The zero-order valence-electron chi connectivity index (χ0n) is 28.1. The molecule has 242 valence electrons. The second-order valence-corrected chi connectivity index (χ2v) is 14.1. The summed E-state index contributed by atoms with van der Waals surface area (Å²) in [5.41, 5.74) is 10.4. The van der Waals surface area contributed by atoms with Crippen LogP contribution in [0.5, 0.6) is 0 Å². The second kappa shape index (κ2) is 10.6. The van der Waals surface area contributed by atoms with E-state index in [1.165, 1.54) is 43.7 Å². The van der Waals surface area contributed by atoms with Crippen LogP contribution >= 0.6 is 0 Å². The number of para-hydroxylation sites is 3. The van der Waals surface area contributed by atoms with Crippen LogP contribution in [-0.2, 0) is 0 Å². The molecule has 1 aliphatic rings. The Morgan fingerprint density at radius 3 is 1.73 bits per heavy atom. The predicted octanol–water partition coefficient (Wildman–Crippen LogP) is 11.4. The molecule has 0 bridgehead atoms. The third kappa shape index (κ3) is 3.82. The lowest BCUT2D eigenvalue weighted by Crippen LogP contribution is -2.31. The summed E-state index contributed by atoms with van der Waals surface area (Å²) in [4.78, 5) is 14.7. The number of fused-ring (bicyclic) bond motifs is 9. The molecule has 11 rings (SSSR count).